The van der Waals surface area contributed by atoms with Crippen LogP contribution in [0.3, 0.4) is 0 Å². The van der Waals surface area contributed by atoms with Gasteiger partial charge in [-0.2, -0.15) is 0 Å². The molecule has 1 N–H and O–H groups in total. The molecule has 0 amide bonds. The molecule has 2 rings (SSSR count). The maximum absolute atomic E-state index is 5.37. The fourth-order valence-corrected chi connectivity index (χ4v) is 2.64. The van der Waals surface area contributed by atoms with E-state index in [0.717, 1.165) is 17.3 Å². The molecule has 1 heterocycles. The van der Waals surface area contributed by atoms with Crippen LogP contribution in [0, 0.1) is 5.92 Å². The second-order valence-corrected chi connectivity index (χ2v) is 5.37. The highest BCUT2D eigenvalue weighted by atomic mass is 16.5. The Balaban J connectivity index is 2.23. The number of hydrogen-bond acceptors (Lipinski definition) is 4. The van der Waals surface area contributed by atoms with Gasteiger partial charge in [0.1, 0.15) is 5.69 Å². The minimum absolute atomic E-state index is 0.539. The summed E-state index contributed by atoms with van der Waals surface area (Å²) < 4.78 is 5.37. The summed E-state index contributed by atoms with van der Waals surface area (Å²) in [6.07, 6.45) is 5.55. The summed E-state index contributed by atoms with van der Waals surface area (Å²) in [7, 11) is 5.75. The summed E-state index contributed by atoms with van der Waals surface area (Å²) in [6.45, 7) is 2.31. The number of nitrogens with one attached hydrogen (secondary N) is 1. The van der Waals surface area contributed by atoms with Crippen molar-refractivity contribution in [1.29, 1.82) is 0 Å². The van der Waals surface area contributed by atoms with E-state index in [4.69, 9.17) is 4.74 Å². The third-order valence-corrected chi connectivity index (χ3v) is 3.61. The molecule has 1 aliphatic rings. The molecule has 18 heavy (non-hydrogen) atoms. The Hall–Kier alpha value is -1.45. The third-order valence-electron chi connectivity index (χ3n) is 3.61. The first-order valence-electron chi connectivity index (χ1n) is 6.58. The van der Waals surface area contributed by atoms with E-state index in [-0.39, 0.29) is 0 Å². The van der Waals surface area contributed by atoms with E-state index in [9.17, 15) is 0 Å². The lowest BCUT2D eigenvalue weighted by molar-refractivity contribution is 0.399. The van der Waals surface area contributed by atoms with Crippen LogP contribution >= 0.6 is 0 Å². The Kier molecular flexibility index (Phi) is 3.94. The van der Waals surface area contributed by atoms with Crippen LogP contribution < -0.4 is 15.0 Å². The highest BCUT2D eigenvalue weighted by molar-refractivity contribution is 5.74. The summed E-state index contributed by atoms with van der Waals surface area (Å²) in [4.78, 5) is 6.38. The normalized spacial score (nSPS) is 22.9. The number of ether oxygens (including phenoxy) is 1. The van der Waals surface area contributed by atoms with Crippen molar-refractivity contribution in [3.8, 4) is 5.88 Å². The minimum Gasteiger partial charge on any atom is -0.479 e. The second-order valence-electron chi connectivity index (χ2n) is 5.37. The van der Waals surface area contributed by atoms with Crippen LogP contribution in [0.15, 0.2) is 12.3 Å². The molecule has 1 saturated carbocycles. The topological polar surface area (TPSA) is 37.4 Å². The quantitative estimate of drug-likeness (QED) is 0.890. The summed E-state index contributed by atoms with van der Waals surface area (Å²) >= 11 is 0. The summed E-state index contributed by atoms with van der Waals surface area (Å²) in [5.74, 6) is 1.49. The average molecular weight is 249 g/mol. The molecule has 1 aromatic rings. The van der Waals surface area contributed by atoms with E-state index in [1.165, 1.54) is 19.3 Å². The second kappa shape index (κ2) is 5.46. The number of pyridine rings is 1. The molecule has 0 saturated heterocycles. The number of hydrogen-bond donors (Lipinski definition) is 1. The predicted octanol–water partition coefficient (Wildman–Crippen LogP) is 2.76. The van der Waals surface area contributed by atoms with Crippen molar-refractivity contribution in [2.75, 3.05) is 31.4 Å². The molecule has 0 aromatic carbocycles. The molecule has 0 aliphatic heterocycles. The van der Waals surface area contributed by atoms with Gasteiger partial charge in [0.25, 0.3) is 0 Å². The predicted molar refractivity (Wildman–Crippen MR) is 75.5 cm³/mol. The molecular formula is C14H23N3O. The van der Waals surface area contributed by atoms with Gasteiger partial charge in [0, 0.05) is 26.3 Å². The van der Waals surface area contributed by atoms with Gasteiger partial charge in [-0.05, 0) is 31.2 Å². The van der Waals surface area contributed by atoms with E-state index < -0.39 is 0 Å². The zero-order valence-electron chi connectivity index (χ0n) is 11.7. The molecule has 1 fully saturated rings. The van der Waals surface area contributed by atoms with E-state index >= 15 is 0 Å². The molecule has 2 atom stereocenters. The molecule has 0 bridgehead atoms. The fraction of sp³-hybridized carbons (Fsp3) is 0.643. The number of methoxy groups -OCH3 is 1. The smallest absolute Gasteiger partial charge is 0.239 e. The summed E-state index contributed by atoms with van der Waals surface area (Å²) in [6, 6.07) is 2.56. The molecule has 1 aliphatic carbocycles. The van der Waals surface area contributed by atoms with Gasteiger partial charge in [-0.25, -0.2) is 4.98 Å². The SMILES string of the molecule is COc1nccc(N(C)C)c1NC1CCC(C)C1. The highest BCUT2D eigenvalue weighted by Gasteiger charge is 2.23. The van der Waals surface area contributed by atoms with Gasteiger partial charge in [0.15, 0.2) is 0 Å². The maximum atomic E-state index is 5.37. The molecule has 2 unspecified atom stereocenters. The zero-order valence-corrected chi connectivity index (χ0v) is 11.7. The third kappa shape index (κ3) is 2.68. The van der Waals surface area contributed by atoms with Crippen molar-refractivity contribution in [3.05, 3.63) is 12.3 Å². The van der Waals surface area contributed by atoms with Crippen LogP contribution in [0.25, 0.3) is 0 Å². The first kappa shape index (κ1) is 13.0. The lowest BCUT2D eigenvalue weighted by Gasteiger charge is -2.22. The lowest BCUT2D eigenvalue weighted by atomic mass is 10.1. The van der Waals surface area contributed by atoms with Crippen LogP contribution in [0.4, 0.5) is 11.4 Å². The van der Waals surface area contributed by atoms with Gasteiger partial charge < -0.3 is 15.0 Å². The van der Waals surface area contributed by atoms with Gasteiger partial charge in [0.2, 0.25) is 5.88 Å². The first-order valence-corrected chi connectivity index (χ1v) is 6.58. The van der Waals surface area contributed by atoms with Gasteiger partial charge >= 0.3 is 0 Å². The molecule has 0 spiro atoms. The monoisotopic (exact) mass is 249 g/mol. The first-order chi connectivity index (χ1) is 8.61. The van der Waals surface area contributed by atoms with Crippen molar-refractivity contribution in [2.45, 2.75) is 32.2 Å². The van der Waals surface area contributed by atoms with Crippen LogP contribution in [0.5, 0.6) is 5.88 Å². The van der Waals surface area contributed by atoms with Crippen molar-refractivity contribution < 1.29 is 4.74 Å². The number of rotatable bonds is 4. The number of anilines is 2. The standard InChI is InChI=1S/C14H23N3O/c1-10-5-6-11(9-10)16-13-12(17(2)3)7-8-15-14(13)18-4/h7-8,10-11,16H,5-6,9H2,1-4H3. The Morgan fingerprint density at radius 1 is 1.39 bits per heavy atom. The van der Waals surface area contributed by atoms with E-state index in [1.54, 1.807) is 13.3 Å². The Morgan fingerprint density at radius 2 is 2.17 bits per heavy atom. The van der Waals surface area contributed by atoms with Crippen molar-refractivity contribution in [2.24, 2.45) is 5.92 Å². The van der Waals surface area contributed by atoms with Crippen molar-refractivity contribution in [1.82, 2.24) is 4.98 Å². The van der Waals surface area contributed by atoms with Crippen molar-refractivity contribution in [3.63, 3.8) is 0 Å². The van der Waals surface area contributed by atoms with E-state index in [0.29, 0.717) is 11.9 Å². The van der Waals surface area contributed by atoms with Gasteiger partial charge in [-0.1, -0.05) is 6.92 Å². The molecular weight excluding hydrogens is 226 g/mol. The molecule has 4 heteroatoms. The van der Waals surface area contributed by atoms with Crippen LogP contribution in [-0.2, 0) is 0 Å². The molecule has 1 aromatic heterocycles. The fourth-order valence-electron chi connectivity index (χ4n) is 2.64. The maximum Gasteiger partial charge on any atom is 0.239 e. The van der Waals surface area contributed by atoms with Crippen molar-refractivity contribution >= 4 is 11.4 Å². The summed E-state index contributed by atoms with van der Waals surface area (Å²) in [5.41, 5.74) is 2.14. The Labute approximate surface area is 109 Å². The average Bonchev–Trinajstić information content (AvgIpc) is 2.75. The van der Waals surface area contributed by atoms with Gasteiger partial charge in [-0.15, -0.1) is 0 Å². The largest absolute Gasteiger partial charge is 0.479 e. The van der Waals surface area contributed by atoms with Crippen LogP contribution in [-0.4, -0.2) is 32.2 Å². The van der Waals surface area contributed by atoms with Gasteiger partial charge in [-0.3, -0.25) is 0 Å². The Bertz CT molecular complexity index is 406. The molecule has 100 valence electrons. The number of nitrogens with zero attached hydrogens (tertiary/aromatic N) is 2. The molecule has 0 radical (unpaired) electrons. The summed E-state index contributed by atoms with van der Waals surface area (Å²) in [5, 5.41) is 3.61. The molecule has 4 nitrogen and oxygen atoms in total. The van der Waals surface area contributed by atoms with Crippen LogP contribution in [0.1, 0.15) is 26.2 Å². The highest BCUT2D eigenvalue weighted by Crippen LogP contribution is 2.36. The minimum atomic E-state index is 0.539. The van der Waals surface area contributed by atoms with E-state index in [1.807, 2.05) is 20.2 Å². The Morgan fingerprint density at radius 3 is 2.72 bits per heavy atom. The lowest BCUT2D eigenvalue weighted by Crippen LogP contribution is -2.20. The van der Waals surface area contributed by atoms with Gasteiger partial charge in [0.05, 0.1) is 12.8 Å². The zero-order chi connectivity index (χ0) is 13.1. The van der Waals surface area contributed by atoms with Crippen LogP contribution in [0.2, 0.25) is 0 Å². The van der Waals surface area contributed by atoms with E-state index in [2.05, 4.69) is 22.1 Å². The number of aromatic nitrogens is 1.